The molecule has 2 atom stereocenters. The SMILES string of the molecule is COC1CCCC1NC(=O)c1ccc(Cl)c(S(N)(=O)=O)c1. The van der Waals surface area contributed by atoms with Gasteiger partial charge < -0.3 is 10.1 Å². The Bertz CT molecular complexity index is 648. The quantitative estimate of drug-likeness (QED) is 0.867. The molecule has 1 saturated carbocycles. The number of amides is 1. The number of nitrogens with two attached hydrogens (primary N) is 1. The summed E-state index contributed by atoms with van der Waals surface area (Å²) in [5.74, 6) is -0.370. The average Bonchev–Trinajstić information content (AvgIpc) is 2.85. The van der Waals surface area contributed by atoms with Crippen molar-refractivity contribution in [2.45, 2.75) is 36.3 Å². The molecule has 0 radical (unpaired) electrons. The molecule has 1 fully saturated rings. The Hall–Kier alpha value is -1.15. The third kappa shape index (κ3) is 3.74. The summed E-state index contributed by atoms with van der Waals surface area (Å²) in [7, 11) is -2.36. The predicted molar refractivity (Wildman–Crippen MR) is 78.7 cm³/mol. The van der Waals surface area contributed by atoms with Gasteiger partial charge in [0, 0.05) is 12.7 Å². The predicted octanol–water partition coefficient (Wildman–Crippen LogP) is 1.28. The maximum atomic E-state index is 12.2. The van der Waals surface area contributed by atoms with Crippen molar-refractivity contribution >= 4 is 27.5 Å². The number of benzene rings is 1. The Kier molecular flexibility index (Phi) is 4.88. The van der Waals surface area contributed by atoms with Gasteiger partial charge in [-0.2, -0.15) is 0 Å². The van der Waals surface area contributed by atoms with Crippen LogP contribution in [0.4, 0.5) is 0 Å². The van der Waals surface area contributed by atoms with Crippen molar-refractivity contribution in [2.24, 2.45) is 5.14 Å². The molecule has 1 aliphatic carbocycles. The molecular weight excluding hydrogens is 316 g/mol. The first-order valence-electron chi connectivity index (χ1n) is 6.49. The van der Waals surface area contributed by atoms with Crippen molar-refractivity contribution in [3.8, 4) is 0 Å². The third-order valence-corrected chi connectivity index (χ3v) is 4.96. The summed E-state index contributed by atoms with van der Waals surface area (Å²) in [6.07, 6.45) is 2.69. The summed E-state index contributed by atoms with van der Waals surface area (Å²) in [6.45, 7) is 0. The zero-order valence-electron chi connectivity index (χ0n) is 11.5. The van der Waals surface area contributed by atoms with Crippen LogP contribution in [0.3, 0.4) is 0 Å². The normalized spacial score (nSPS) is 22.2. The molecule has 2 rings (SSSR count). The van der Waals surface area contributed by atoms with Gasteiger partial charge in [-0.3, -0.25) is 4.79 Å². The van der Waals surface area contributed by atoms with Crippen LogP contribution in [-0.4, -0.2) is 33.6 Å². The highest BCUT2D eigenvalue weighted by Crippen LogP contribution is 2.24. The van der Waals surface area contributed by atoms with E-state index in [1.807, 2.05) is 0 Å². The molecule has 6 nitrogen and oxygen atoms in total. The van der Waals surface area contributed by atoms with E-state index in [0.29, 0.717) is 0 Å². The highest BCUT2D eigenvalue weighted by molar-refractivity contribution is 7.89. The number of hydrogen-bond donors (Lipinski definition) is 2. The van der Waals surface area contributed by atoms with Crippen molar-refractivity contribution in [3.63, 3.8) is 0 Å². The van der Waals surface area contributed by atoms with E-state index in [0.717, 1.165) is 19.3 Å². The molecule has 0 bridgehead atoms. The number of rotatable bonds is 4. The second-order valence-corrected chi connectivity index (χ2v) is 6.91. The fraction of sp³-hybridized carbons (Fsp3) is 0.462. The van der Waals surface area contributed by atoms with E-state index >= 15 is 0 Å². The van der Waals surface area contributed by atoms with Crippen LogP contribution in [0.1, 0.15) is 29.6 Å². The molecule has 0 heterocycles. The fourth-order valence-corrected chi connectivity index (χ4v) is 3.56. The van der Waals surface area contributed by atoms with E-state index in [2.05, 4.69) is 5.32 Å². The topological polar surface area (TPSA) is 98.5 Å². The van der Waals surface area contributed by atoms with E-state index in [1.54, 1.807) is 7.11 Å². The Balaban J connectivity index is 2.20. The van der Waals surface area contributed by atoms with E-state index < -0.39 is 10.0 Å². The van der Waals surface area contributed by atoms with E-state index in [-0.39, 0.29) is 33.5 Å². The molecule has 3 N–H and O–H groups in total. The van der Waals surface area contributed by atoms with Crippen molar-refractivity contribution in [2.75, 3.05) is 7.11 Å². The first-order chi connectivity index (χ1) is 9.82. The van der Waals surface area contributed by atoms with Crippen LogP contribution >= 0.6 is 11.6 Å². The second-order valence-electron chi connectivity index (χ2n) is 4.98. The molecular formula is C13H17ClN2O4S. The van der Waals surface area contributed by atoms with E-state index in [1.165, 1.54) is 18.2 Å². The molecule has 2 unspecified atom stereocenters. The van der Waals surface area contributed by atoms with Gasteiger partial charge in [-0.1, -0.05) is 11.6 Å². The molecule has 21 heavy (non-hydrogen) atoms. The minimum Gasteiger partial charge on any atom is -0.379 e. The molecule has 0 saturated heterocycles. The highest BCUT2D eigenvalue weighted by atomic mass is 35.5. The zero-order chi connectivity index (χ0) is 15.6. The first kappa shape index (κ1) is 16.2. The minimum atomic E-state index is -3.97. The summed E-state index contributed by atoms with van der Waals surface area (Å²) in [5.41, 5.74) is 0.199. The molecule has 1 aliphatic rings. The number of carbonyl (C=O) groups excluding carboxylic acids is 1. The van der Waals surface area contributed by atoms with Crippen LogP contribution in [-0.2, 0) is 14.8 Å². The van der Waals surface area contributed by atoms with Crippen LogP contribution in [0.15, 0.2) is 23.1 Å². The van der Waals surface area contributed by atoms with Crippen molar-refractivity contribution in [3.05, 3.63) is 28.8 Å². The minimum absolute atomic E-state index is 0.00955. The van der Waals surface area contributed by atoms with Crippen molar-refractivity contribution in [1.29, 1.82) is 0 Å². The van der Waals surface area contributed by atoms with Gasteiger partial charge in [0.2, 0.25) is 10.0 Å². The number of primary sulfonamides is 1. The molecule has 1 amide bonds. The lowest BCUT2D eigenvalue weighted by Crippen LogP contribution is -2.40. The zero-order valence-corrected chi connectivity index (χ0v) is 13.1. The lowest BCUT2D eigenvalue weighted by Gasteiger charge is -2.19. The summed E-state index contributed by atoms with van der Waals surface area (Å²) in [5, 5.41) is 7.91. The van der Waals surface area contributed by atoms with Crippen LogP contribution in [0.5, 0.6) is 0 Å². The summed E-state index contributed by atoms with van der Waals surface area (Å²) in [4.78, 5) is 11.9. The van der Waals surface area contributed by atoms with Gasteiger partial charge >= 0.3 is 0 Å². The largest absolute Gasteiger partial charge is 0.379 e. The fourth-order valence-electron chi connectivity index (χ4n) is 2.49. The Morgan fingerprint density at radius 2 is 2.14 bits per heavy atom. The Morgan fingerprint density at radius 1 is 1.43 bits per heavy atom. The molecule has 8 heteroatoms. The summed E-state index contributed by atoms with van der Waals surface area (Å²) >= 11 is 5.79. The number of ether oxygens (including phenoxy) is 1. The van der Waals surface area contributed by atoms with Crippen LogP contribution in [0.25, 0.3) is 0 Å². The maximum absolute atomic E-state index is 12.2. The number of nitrogens with one attached hydrogen (secondary N) is 1. The van der Waals surface area contributed by atoms with E-state index in [4.69, 9.17) is 21.5 Å². The number of hydrogen-bond acceptors (Lipinski definition) is 4. The number of sulfonamides is 1. The van der Waals surface area contributed by atoms with E-state index in [9.17, 15) is 13.2 Å². The number of methoxy groups -OCH3 is 1. The lowest BCUT2D eigenvalue weighted by atomic mass is 10.1. The summed E-state index contributed by atoms with van der Waals surface area (Å²) in [6, 6.07) is 3.92. The maximum Gasteiger partial charge on any atom is 0.251 e. The van der Waals surface area contributed by atoms with Crippen molar-refractivity contribution in [1.82, 2.24) is 5.32 Å². The Labute approximate surface area is 128 Å². The molecule has 1 aromatic rings. The van der Waals surface area contributed by atoms with Gasteiger partial charge in [-0.05, 0) is 37.5 Å². The molecule has 0 aromatic heterocycles. The van der Waals surface area contributed by atoms with Crippen LogP contribution < -0.4 is 10.5 Å². The third-order valence-electron chi connectivity index (χ3n) is 3.57. The summed E-state index contributed by atoms with van der Waals surface area (Å²) < 4.78 is 28.1. The van der Waals surface area contributed by atoms with Gasteiger partial charge in [0.15, 0.2) is 0 Å². The number of carbonyl (C=O) groups is 1. The standard InChI is InChI=1S/C13H17ClN2O4S/c1-20-11-4-2-3-10(11)16-13(17)8-5-6-9(14)12(7-8)21(15,18)19/h5-7,10-11H,2-4H2,1H3,(H,16,17)(H2,15,18,19). The monoisotopic (exact) mass is 332 g/mol. The average molecular weight is 333 g/mol. The highest BCUT2D eigenvalue weighted by Gasteiger charge is 2.29. The second kappa shape index (κ2) is 6.31. The molecule has 0 spiro atoms. The van der Waals surface area contributed by atoms with Gasteiger partial charge in [0.1, 0.15) is 4.90 Å². The first-order valence-corrected chi connectivity index (χ1v) is 8.41. The van der Waals surface area contributed by atoms with Crippen LogP contribution in [0, 0.1) is 0 Å². The number of halogens is 1. The Morgan fingerprint density at radius 3 is 2.76 bits per heavy atom. The van der Waals surface area contributed by atoms with Gasteiger partial charge in [0.25, 0.3) is 5.91 Å². The molecule has 0 aliphatic heterocycles. The van der Waals surface area contributed by atoms with Crippen LogP contribution in [0.2, 0.25) is 5.02 Å². The van der Waals surface area contributed by atoms with Gasteiger partial charge in [0.05, 0.1) is 17.2 Å². The van der Waals surface area contributed by atoms with Gasteiger partial charge in [-0.25, -0.2) is 13.6 Å². The molecule has 1 aromatic carbocycles. The van der Waals surface area contributed by atoms with Crippen molar-refractivity contribution < 1.29 is 17.9 Å². The van der Waals surface area contributed by atoms with Gasteiger partial charge in [-0.15, -0.1) is 0 Å². The smallest absolute Gasteiger partial charge is 0.251 e. The lowest BCUT2D eigenvalue weighted by molar-refractivity contribution is 0.0722. The molecule has 116 valence electrons.